The van der Waals surface area contributed by atoms with Crippen molar-refractivity contribution in [1.82, 2.24) is 19.4 Å². The number of benzene rings is 1. The normalized spacial score (nSPS) is 12.4. The van der Waals surface area contributed by atoms with Crippen molar-refractivity contribution in [2.75, 3.05) is 13.1 Å². The molecule has 2 rings (SSSR count). The zero-order valence-electron chi connectivity index (χ0n) is 14.1. The third-order valence-corrected chi connectivity index (χ3v) is 6.35. The molecule has 0 saturated carbocycles. The lowest BCUT2D eigenvalue weighted by molar-refractivity contribution is 0.570. The van der Waals surface area contributed by atoms with Crippen molar-refractivity contribution in [3.8, 4) is 0 Å². The van der Waals surface area contributed by atoms with Crippen molar-refractivity contribution in [2.24, 2.45) is 0 Å². The van der Waals surface area contributed by atoms with Crippen molar-refractivity contribution in [2.45, 2.75) is 36.6 Å². The fourth-order valence-corrected chi connectivity index (χ4v) is 4.13. The van der Waals surface area contributed by atoms with E-state index in [1.165, 1.54) is 18.3 Å². The second kappa shape index (κ2) is 8.09. The van der Waals surface area contributed by atoms with Crippen LogP contribution in [0.5, 0.6) is 0 Å². The molecule has 25 heavy (non-hydrogen) atoms. The van der Waals surface area contributed by atoms with Gasteiger partial charge in [-0.15, -0.1) is 0 Å². The number of imidazole rings is 1. The van der Waals surface area contributed by atoms with Crippen LogP contribution in [0, 0.1) is 6.92 Å². The molecule has 0 fully saturated rings. The number of aryl methyl sites for hydroxylation is 2. The van der Waals surface area contributed by atoms with Crippen molar-refractivity contribution < 1.29 is 16.8 Å². The van der Waals surface area contributed by atoms with Gasteiger partial charge in [0, 0.05) is 19.5 Å². The summed E-state index contributed by atoms with van der Waals surface area (Å²) in [5, 5.41) is 0.00425. The van der Waals surface area contributed by atoms with Gasteiger partial charge in [0.1, 0.15) is 5.82 Å². The zero-order chi connectivity index (χ0) is 18.5. The first-order chi connectivity index (χ1) is 11.7. The van der Waals surface area contributed by atoms with Gasteiger partial charge in [0.15, 0.2) is 5.03 Å². The number of hydrogen-bond donors (Lipinski definition) is 3. The molecule has 0 amide bonds. The van der Waals surface area contributed by atoms with E-state index in [-0.39, 0.29) is 23.0 Å². The maximum Gasteiger partial charge on any atom is 0.257 e. The van der Waals surface area contributed by atoms with Gasteiger partial charge in [-0.25, -0.2) is 31.3 Å². The third-order valence-electron chi connectivity index (χ3n) is 3.50. The molecule has 2 aromatic rings. The van der Waals surface area contributed by atoms with Gasteiger partial charge in [0.25, 0.3) is 10.0 Å². The highest BCUT2D eigenvalue weighted by Gasteiger charge is 2.17. The molecule has 1 aromatic carbocycles. The van der Waals surface area contributed by atoms with Crippen LogP contribution in [0.3, 0.4) is 0 Å². The zero-order valence-corrected chi connectivity index (χ0v) is 15.7. The highest BCUT2D eigenvalue weighted by Crippen LogP contribution is 2.10. The maximum atomic E-state index is 12.1. The number of H-pyrrole nitrogens is 1. The molecule has 0 aliphatic rings. The quantitative estimate of drug-likeness (QED) is 0.554. The van der Waals surface area contributed by atoms with E-state index in [4.69, 9.17) is 0 Å². The lowest BCUT2D eigenvalue weighted by Gasteiger charge is -2.08. The van der Waals surface area contributed by atoms with Crippen LogP contribution in [0.15, 0.2) is 40.4 Å². The number of nitrogens with zero attached hydrogens (tertiary/aromatic N) is 1. The van der Waals surface area contributed by atoms with Gasteiger partial charge in [-0.1, -0.05) is 24.6 Å². The van der Waals surface area contributed by atoms with E-state index in [1.807, 2.05) is 13.8 Å². The van der Waals surface area contributed by atoms with Crippen molar-refractivity contribution in [1.29, 1.82) is 0 Å². The summed E-state index contributed by atoms with van der Waals surface area (Å²) in [6, 6.07) is 6.50. The number of rotatable bonds is 9. The maximum absolute atomic E-state index is 12.1. The Balaban J connectivity index is 1.82. The Labute approximate surface area is 148 Å². The van der Waals surface area contributed by atoms with E-state index >= 15 is 0 Å². The molecule has 0 bridgehead atoms. The molecule has 1 aromatic heterocycles. The molecule has 0 aliphatic heterocycles. The molecule has 0 aliphatic carbocycles. The Bertz CT molecular complexity index is 903. The molecule has 8 nitrogen and oxygen atoms in total. The summed E-state index contributed by atoms with van der Waals surface area (Å²) in [7, 11) is -7.26. The average molecular weight is 386 g/mol. The Kier molecular flexibility index (Phi) is 6.33. The van der Waals surface area contributed by atoms with E-state index in [2.05, 4.69) is 19.4 Å². The van der Waals surface area contributed by atoms with Crippen LogP contribution in [-0.4, -0.2) is 39.9 Å². The summed E-state index contributed by atoms with van der Waals surface area (Å²) in [4.78, 5) is 6.86. The molecular weight excluding hydrogens is 364 g/mol. The molecule has 0 saturated heterocycles. The fourth-order valence-electron chi connectivity index (χ4n) is 2.04. The Hall–Kier alpha value is -1.75. The standard InChI is InChI=1S/C15H22N4O4S2/c1-3-14-16-11-15(19-14)25(22,23)18-10-4-9-17-24(20,21)13-7-5-12(2)6-8-13/h5-8,11,17-18H,3-4,9-10H2,1-2H3,(H,16,19). The summed E-state index contributed by atoms with van der Waals surface area (Å²) in [6.07, 6.45) is 2.19. The Morgan fingerprint density at radius 1 is 1.00 bits per heavy atom. The van der Waals surface area contributed by atoms with Gasteiger partial charge < -0.3 is 4.98 Å². The summed E-state index contributed by atoms with van der Waals surface area (Å²) < 4.78 is 53.2. The van der Waals surface area contributed by atoms with Crippen LogP contribution in [0.2, 0.25) is 0 Å². The predicted octanol–water partition coefficient (Wildman–Crippen LogP) is 0.927. The van der Waals surface area contributed by atoms with Gasteiger partial charge in [-0.3, -0.25) is 0 Å². The first-order valence-electron chi connectivity index (χ1n) is 7.84. The Morgan fingerprint density at radius 2 is 1.60 bits per heavy atom. The minimum absolute atomic E-state index is 0.00425. The minimum atomic E-state index is -3.67. The van der Waals surface area contributed by atoms with Crippen LogP contribution in [0.1, 0.15) is 24.7 Å². The number of hydrogen-bond acceptors (Lipinski definition) is 5. The van der Waals surface area contributed by atoms with Crippen molar-refractivity contribution in [3.05, 3.63) is 41.9 Å². The number of nitrogens with one attached hydrogen (secondary N) is 3. The van der Waals surface area contributed by atoms with Crippen LogP contribution < -0.4 is 9.44 Å². The first-order valence-corrected chi connectivity index (χ1v) is 10.8. The largest absolute Gasteiger partial charge is 0.332 e. The van der Waals surface area contributed by atoms with Gasteiger partial charge in [-0.2, -0.15) is 0 Å². The van der Waals surface area contributed by atoms with Crippen LogP contribution >= 0.6 is 0 Å². The molecule has 10 heteroatoms. The monoisotopic (exact) mass is 386 g/mol. The Morgan fingerprint density at radius 3 is 2.16 bits per heavy atom. The van der Waals surface area contributed by atoms with Gasteiger partial charge in [-0.05, 0) is 25.5 Å². The van der Waals surface area contributed by atoms with E-state index in [9.17, 15) is 16.8 Å². The summed E-state index contributed by atoms with van der Waals surface area (Å²) >= 11 is 0. The molecular formula is C15H22N4O4S2. The van der Waals surface area contributed by atoms with E-state index < -0.39 is 20.0 Å². The van der Waals surface area contributed by atoms with E-state index in [1.54, 1.807) is 12.1 Å². The molecule has 0 radical (unpaired) electrons. The van der Waals surface area contributed by atoms with Crippen LogP contribution in [0.25, 0.3) is 0 Å². The van der Waals surface area contributed by atoms with Crippen LogP contribution in [-0.2, 0) is 26.5 Å². The second-order valence-corrected chi connectivity index (χ2v) is 9.01. The highest BCUT2D eigenvalue weighted by molar-refractivity contribution is 7.89. The van der Waals surface area contributed by atoms with Crippen molar-refractivity contribution >= 4 is 20.0 Å². The molecule has 138 valence electrons. The molecule has 0 unspecified atom stereocenters. The SMILES string of the molecule is CCc1ncc(S(=O)(=O)NCCCNS(=O)(=O)c2ccc(C)cc2)[nH]1. The minimum Gasteiger partial charge on any atom is -0.332 e. The summed E-state index contributed by atoms with van der Waals surface area (Å²) in [5.41, 5.74) is 0.971. The lowest BCUT2D eigenvalue weighted by Crippen LogP contribution is -2.30. The van der Waals surface area contributed by atoms with Gasteiger partial charge in [0.2, 0.25) is 10.0 Å². The molecule has 1 heterocycles. The number of sulfonamides is 2. The number of aromatic amines is 1. The van der Waals surface area contributed by atoms with Crippen LogP contribution in [0.4, 0.5) is 0 Å². The second-order valence-electron chi connectivity index (χ2n) is 5.51. The first kappa shape index (κ1) is 19.6. The van der Waals surface area contributed by atoms with E-state index in [0.29, 0.717) is 18.7 Å². The molecule has 0 spiro atoms. The lowest BCUT2D eigenvalue weighted by atomic mass is 10.2. The van der Waals surface area contributed by atoms with Gasteiger partial charge >= 0.3 is 0 Å². The summed E-state index contributed by atoms with van der Waals surface area (Å²) in [5.74, 6) is 0.589. The summed E-state index contributed by atoms with van der Waals surface area (Å²) in [6.45, 7) is 3.98. The van der Waals surface area contributed by atoms with Crippen molar-refractivity contribution in [3.63, 3.8) is 0 Å². The topological polar surface area (TPSA) is 121 Å². The molecule has 3 N–H and O–H groups in total. The fraction of sp³-hybridized carbons (Fsp3) is 0.400. The van der Waals surface area contributed by atoms with Gasteiger partial charge in [0.05, 0.1) is 11.1 Å². The number of aromatic nitrogens is 2. The third kappa shape index (κ3) is 5.36. The highest BCUT2D eigenvalue weighted by atomic mass is 32.2. The van der Waals surface area contributed by atoms with E-state index in [0.717, 1.165) is 5.56 Å². The predicted molar refractivity (Wildman–Crippen MR) is 94.1 cm³/mol. The smallest absolute Gasteiger partial charge is 0.257 e. The molecule has 0 atom stereocenters. The average Bonchev–Trinajstić information content (AvgIpc) is 3.05.